The summed E-state index contributed by atoms with van der Waals surface area (Å²) in [5, 5.41) is 0.660. The van der Waals surface area contributed by atoms with Gasteiger partial charge in [0.1, 0.15) is 5.82 Å². The van der Waals surface area contributed by atoms with Gasteiger partial charge in [0.05, 0.1) is 5.57 Å². The van der Waals surface area contributed by atoms with Crippen molar-refractivity contribution in [3.63, 3.8) is 0 Å². The number of anilines is 1. The molecule has 0 saturated carbocycles. The van der Waals surface area contributed by atoms with Gasteiger partial charge < -0.3 is 16.4 Å². The minimum absolute atomic E-state index is 0.150. The van der Waals surface area contributed by atoms with E-state index in [0.29, 0.717) is 16.4 Å². The third kappa shape index (κ3) is 3.61. The summed E-state index contributed by atoms with van der Waals surface area (Å²) >= 11 is 6.12. The predicted molar refractivity (Wildman–Crippen MR) is 123 cm³/mol. The normalized spacial score (nSPS) is 20.9. The molecule has 0 unspecified atom stereocenters. The highest BCUT2D eigenvalue weighted by atomic mass is 35.5. The molecule has 4 nitrogen and oxygen atoms in total. The maximum absolute atomic E-state index is 12.7. The highest BCUT2D eigenvalue weighted by Gasteiger charge is 2.42. The molecule has 1 amide bonds. The zero-order chi connectivity index (χ0) is 21.6. The fourth-order valence-corrected chi connectivity index (χ4v) is 4.80. The first kappa shape index (κ1) is 20.5. The molecule has 2 aromatic carbocycles. The van der Waals surface area contributed by atoms with E-state index < -0.39 is 5.91 Å². The summed E-state index contributed by atoms with van der Waals surface area (Å²) in [7, 11) is 0. The van der Waals surface area contributed by atoms with Crippen molar-refractivity contribution < 1.29 is 4.79 Å². The van der Waals surface area contributed by atoms with Crippen molar-refractivity contribution in [1.29, 1.82) is 0 Å². The third-order valence-corrected chi connectivity index (χ3v) is 6.52. The molecule has 156 valence electrons. The number of carbonyl (C=O) groups is 1. The van der Waals surface area contributed by atoms with Crippen LogP contribution in [0.4, 0.5) is 5.69 Å². The number of aryl methyl sites for hydroxylation is 1. The van der Waals surface area contributed by atoms with Crippen LogP contribution in [0.3, 0.4) is 0 Å². The Bertz CT molecular complexity index is 1050. The maximum Gasteiger partial charge on any atom is 0.249 e. The van der Waals surface area contributed by atoms with Crippen molar-refractivity contribution in [3.05, 3.63) is 87.3 Å². The minimum atomic E-state index is -0.485. The van der Waals surface area contributed by atoms with Crippen LogP contribution in [-0.4, -0.2) is 5.91 Å². The Morgan fingerprint density at radius 1 is 1.10 bits per heavy atom. The van der Waals surface area contributed by atoms with Crippen LogP contribution in [0.15, 0.2) is 71.2 Å². The molecule has 0 aromatic heterocycles. The molecular formula is C25H28ClN3O. The Hall–Kier alpha value is -2.72. The second-order valence-electron chi connectivity index (χ2n) is 9.13. The first-order valence-electron chi connectivity index (χ1n) is 10.3. The van der Waals surface area contributed by atoms with Crippen molar-refractivity contribution >= 4 is 23.2 Å². The van der Waals surface area contributed by atoms with Crippen molar-refractivity contribution in [3.8, 4) is 0 Å². The largest absolute Gasteiger partial charge is 0.384 e. The summed E-state index contributed by atoms with van der Waals surface area (Å²) in [6.45, 7) is 6.62. The van der Waals surface area contributed by atoms with Crippen molar-refractivity contribution in [2.75, 3.05) is 4.90 Å². The lowest BCUT2D eigenvalue weighted by Gasteiger charge is -2.45. The number of amides is 1. The minimum Gasteiger partial charge on any atom is -0.384 e. The van der Waals surface area contributed by atoms with Gasteiger partial charge in [-0.15, -0.1) is 0 Å². The molecule has 2 aromatic rings. The molecule has 0 saturated heterocycles. The topological polar surface area (TPSA) is 72.3 Å². The van der Waals surface area contributed by atoms with E-state index in [1.165, 1.54) is 16.8 Å². The standard InChI is InChI=1S/C25H28ClN3O/c1-15-4-10-18(11-5-15)29-20-14-25(2,3)13-12-19(20)21(22(23(29)27)24(28)30)16-6-8-17(26)9-7-16/h4-11,21H,12-14,27H2,1-3H3,(H2,28,30)/t21-/m0/s1. The van der Waals surface area contributed by atoms with Crippen molar-refractivity contribution in [1.82, 2.24) is 0 Å². The molecular weight excluding hydrogens is 394 g/mol. The molecule has 2 aliphatic rings. The molecule has 1 heterocycles. The summed E-state index contributed by atoms with van der Waals surface area (Å²) in [6, 6.07) is 15.9. The van der Waals surface area contributed by atoms with Crippen molar-refractivity contribution in [2.45, 2.75) is 46.0 Å². The number of nitrogens with two attached hydrogens (primary N) is 2. The average Bonchev–Trinajstić information content (AvgIpc) is 2.68. The van der Waals surface area contributed by atoms with Gasteiger partial charge in [-0.05, 0) is 67.0 Å². The van der Waals surface area contributed by atoms with Crippen LogP contribution in [0.1, 0.15) is 50.2 Å². The van der Waals surface area contributed by atoms with Gasteiger partial charge in [0.2, 0.25) is 5.91 Å². The summed E-state index contributed by atoms with van der Waals surface area (Å²) in [5.41, 5.74) is 18.7. The quantitative estimate of drug-likeness (QED) is 0.699. The van der Waals surface area contributed by atoms with Gasteiger partial charge in [-0.1, -0.05) is 55.3 Å². The lowest BCUT2D eigenvalue weighted by Crippen LogP contribution is -2.42. The van der Waals surface area contributed by atoms with Gasteiger partial charge in [-0.2, -0.15) is 0 Å². The number of hydrogen-bond donors (Lipinski definition) is 2. The number of carbonyl (C=O) groups excluding carboxylic acids is 1. The second kappa shape index (κ2) is 7.51. The molecule has 0 fully saturated rings. The smallest absolute Gasteiger partial charge is 0.249 e. The van der Waals surface area contributed by atoms with Gasteiger partial charge >= 0.3 is 0 Å². The maximum atomic E-state index is 12.7. The van der Waals surface area contributed by atoms with E-state index in [1.807, 2.05) is 29.2 Å². The number of primary amides is 1. The molecule has 0 spiro atoms. The second-order valence-corrected chi connectivity index (χ2v) is 9.57. The van der Waals surface area contributed by atoms with Gasteiger partial charge in [0.15, 0.2) is 0 Å². The van der Waals surface area contributed by atoms with Gasteiger partial charge in [0, 0.05) is 22.3 Å². The van der Waals surface area contributed by atoms with E-state index in [-0.39, 0.29) is 11.3 Å². The monoisotopic (exact) mass is 421 g/mol. The lowest BCUT2D eigenvalue weighted by atomic mass is 9.69. The third-order valence-electron chi connectivity index (χ3n) is 6.27. The van der Waals surface area contributed by atoms with Crippen LogP contribution in [0, 0.1) is 12.3 Å². The molecule has 30 heavy (non-hydrogen) atoms. The first-order chi connectivity index (χ1) is 14.2. The zero-order valence-electron chi connectivity index (χ0n) is 17.7. The molecule has 0 bridgehead atoms. The van der Waals surface area contributed by atoms with E-state index >= 15 is 0 Å². The summed E-state index contributed by atoms with van der Waals surface area (Å²) in [6.07, 6.45) is 2.82. The lowest BCUT2D eigenvalue weighted by molar-refractivity contribution is -0.114. The van der Waals surface area contributed by atoms with Crippen LogP contribution in [0.5, 0.6) is 0 Å². The molecule has 4 N–H and O–H groups in total. The number of rotatable bonds is 3. The van der Waals surface area contributed by atoms with E-state index in [1.54, 1.807) is 0 Å². The molecule has 1 atom stereocenters. The van der Waals surface area contributed by atoms with Crippen LogP contribution < -0.4 is 16.4 Å². The summed E-state index contributed by atoms with van der Waals surface area (Å²) in [5.74, 6) is -0.309. The highest BCUT2D eigenvalue weighted by Crippen LogP contribution is 2.51. The molecule has 1 aliphatic carbocycles. The van der Waals surface area contributed by atoms with Crippen LogP contribution >= 0.6 is 11.6 Å². The number of nitrogens with zero attached hydrogens (tertiary/aromatic N) is 1. The Kier molecular flexibility index (Phi) is 5.15. The summed E-state index contributed by atoms with van der Waals surface area (Å²) in [4.78, 5) is 14.7. The predicted octanol–water partition coefficient (Wildman–Crippen LogP) is 5.37. The zero-order valence-corrected chi connectivity index (χ0v) is 18.5. The van der Waals surface area contributed by atoms with Gasteiger partial charge in [-0.3, -0.25) is 4.79 Å². The fraction of sp³-hybridized carbons (Fsp3) is 0.320. The molecule has 0 radical (unpaired) electrons. The first-order valence-corrected chi connectivity index (χ1v) is 10.7. The van der Waals surface area contributed by atoms with Gasteiger partial charge in [-0.25, -0.2) is 0 Å². The SMILES string of the molecule is Cc1ccc(N2C(N)=C(C(N)=O)[C@@H](c3ccc(Cl)cc3)C3=C2CC(C)(C)CC3)cc1. The van der Waals surface area contributed by atoms with Crippen LogP contribution in [0.2, 0.25) is 5.02 Å². The number of hydrogen-bond acceptors (Lipinski definition) is 3. The van der Waals surface area contributed by atoms with E-state index in [0.717, 1.165) is 30.5 Å². The van der Waals surface area contributed by atoms with Crippen LogP contribution in [-0.2, 0) is 4.79 Å². The highest BCUT2D eigenvalue weighted by molar-refractivity contribution is 6.30. The number of allylic oxidation sites excluding steroid dienone is 2. The van der Waals surface area contributed by atoms with E-state index in [4.69, 9.17) is 23.1 Å². The molecule has 4 rings (SSSR count). The van der Waals surface area contributed by atoms with Crippen molar-refractivity contribution in [2.24, 2.45) is 16.9 Å². The Labute approximate surface area is 183 Å². The number of benzene rings is 2. The average molecular weight is 422 g/mol. The van der Waals surface area contributed by atoms with Gasteiger partial charge in [0.25, 0.3) is 0 Å². The fourth-order valence-electron chi connectivity index (χ4n) is 4.67. The molecule has 5 heteroatoms. The Morgan fingerprint density at radius 3 is 2.33 bits per heavy atom. The summed E-state index contributed by atoms with van der Waals surface area (Å²) < 4.78 is 0. The Morgan fingerprint density at radius 2 is 1.73 bits per heavy atom. The van der Waals surface area contributed by atoms with Crippen LogP contribution in [0.25, 0.3) is 0 Å². The Balaban J connectivity index is 1.96. The molecule has 1 aliphatic heterocycles. The van der Waals surface area contributed by atoms with E-state index in [9.17, 15) is 4.79 Å². The van der Waals surface area contributed by atoms with E-state index in [2.05, 4.69) is 45.0 Å². The number of halogens is 1.